The molecule has 2 aromatic rings. The molecule has 1 aliphatic heterocycles. The highest BCUT2D eigenvalue weighted by molar-refractivity contribution is 6.01. The molecule has 5 fully saturated rings. The van der Waals surface area contributed by atoms with Crippen molar-refractivity contribution in [1.29, 1.82) is 0 Å². The topological polar surface area (TPSA) is 147 Å². The van der Waals surface area contributed by atoms with Crippen LogP contribution in [0.15, 0.2) is 40.9 Å². The second kappa shape index (κ2) is 12.9. The van der Waals surface area contributed by atoms with Crippen LogP contribution < -0.4 is 20.4 Å². The number of fused-ring (bicyclic) bond motifs is 6. The SMILES string of the molecule is COc1c(N2CCNC(C)C2)c(F)cc2c(=O)c(C(=O)OC[CH]C(=O)[C@@]3(O)CCC4C5CCC6=CC(=O)C=C[C@]6(C)C5[C@@H](O)C[C@@]43C)cn(C3CC3)c12. The van der Waals surface area contributed by atoms with Crippen LogP contribution in [0.5, 0.6) is 5.75 Å². The molecule has 4 saturated carbocycles. The molecule has 2 heterocycles. The van der Waals surface area contributed by atoms with Gasteiger partial charge in [0.15, 0.2) is 23.1 Å². The molecule has 53 heavy (non-hydrogen) atoms. The largest absolute Gasteiger partial charge is 0.492 e. The van der Waals surface area contributed by atoms with Crippen LogP contribution in [0.3, 0.4) is 0 Å². The summed E-state index contributed by atoms with van der Waals surface area (Å²) in [6.07, 6.45) is 11.1. The van der Waals surface area contributed by atoms with Crippen molar-refractivity contribution in [3.05, 3.63) is 64.1 Å². The van der Waals surface area contributed by atoms with Gasteiger partial charge in [-0.15, -0.1) is 0 Å². The molecule has 1 radical (unpaired) electrons. The van der Waals surface area contributed by atoms with E-state index in [9.17, 15) is 29.4 Å². The third kappa shape index (κ3) is 5.53. The predicted octanol–water partition coefficient (Wildman–Crippen LogP) is 4.22. The molecule has 5 aliphatic carbocycles. The number of carbonyl (C=O) groups is 3. The Morgan fingerprint density at radius 2 is 1.94 bits per heavy atom. The number of allylic oxidation sites excluding steroid dienone is 4. The van der Waals surface area contributed by atoms with E-state index in [1.807, 2.05) is 29.4 Å². The molecule has 6 aliphatic rings. The molecule has 283 valence electrons. The number of piperazine rings is 1. The highest BCUT2D eigenvalue weighted by Crippen LogP contribution is 2.67. The molecule has 1 aromatic carbocycles. The highest BCUT2D eigenvalue weighted by Gasteiger charge is 2.68. The number of nitrogens with one attached hydrogen (secondary N) is 1. The molecular weight excluding hydrogens is 681 g/mol. The predicted molar refractivity (Wildman–Crippen MR) is 195 cm³/mol. The monoisotopic (exact) mass is 730 g/mol. The molecule has 1 aromatic heterocycles. The average Bonchev–Trinajstić information content (AvgIpc) is 3.92. The van der Waals surface area contributed by atoms with Gasteiger partial charge >= 0.3 is 5.97 Å². The maximum absolute atomic E-state index is 15.9. The van der Waals surface area contributed by atoms with Crippen LogP contribution in [0.4, 0.5) is 10.1 Å². The zero-order chi connectivity index (χ0) is 37.6. The van der Waals surface area contributed by atoms with Gasteiger partial charge in [0.2, 0.25) is 5.43 Å². The Morgan fingerprint density at radius 3 is 2.66 bits per heavy atom. The van der Waals surface area contributed by atoms with Crippen molar-refractivity contribution in [2.75, 3.05) is 38.3 Å². The number of aliphatic hydroxyl groups excluding tert-OH is 1. The normalized spacial score (nSPS) is 35.0. The maximum atomic E-state index is 15.9. The summed E-state index contributed by atoms with van der Waals surface area (Å²) in [7, 11) is 1.45. The minimum Gasteiger partial charge on any atom is -0.492 e. The van der Waals surface area contributed by atoms with Crippen LogP contribution in [0.25, 0.3) is 10.9 Å². The summed E-state index contributed by atoms with van der Waals surface area (Å²) >= 11 is 0. The lowest BCUT2D eigenvalue weighted by Crippen LogP contribution is -2.61. The first-order chi connectivity index (χ1) is 25.2. The van der Waals surface area contributed by atoms with Gasteiger partial charge in [0, 0.05) is 54.7 Å². The molecule has 0 bridgehead atoms. The Morgan fingerprint density at radius 1 is 1.17 bits per heavy atom. The van der Waals surface area contributed by atoms with Crippen molar-refractivity contribution in [3.63, 3.8) is 0 Å². The van der Waals surface area contributed by atoms with Gasteiger partial charge in [0.25, 0.3) is 0 Å². The minimum atomic E-state index is -1.78. The second-order valence-electron chi connectivity index (χ2n) is 16.7. The first-order valence-corrected chi connectivity index (χ1v) is 19.0. The molecule has 8 rings (SSSR count). The number of halogens is 1. The number of aliphatic hydroxyl groups is 2. The average molecular weight is 731 g/mol. The fourth-order valence-corrected chi connectivity index (χ4v) is 11.0. The van der Waals surface area contributed by atoms with Gasteiger partial charge in [-0.3, -0.25) is 14.4 Å². The number of carbonyl (C=O) groups excluding carboxylic acids is 3. The van der Waals surface area contributed by atoms with Crippen molar-refractivity contribution in [2.45, 2.75) is 89.5 Å². The first-order valence-electron chi connectivity index (χ1n) is 19.0. The van der Waals surface area contributed by atoms with Crippen LogP contribution in [0.2, 0.25) is 0 Å². The number of rotatable bonds is 8. The van der Waals surface area contributed by atoms with E-state index in [2.05, 4.69) is 12.2 Å². The number of aromatic nitrogens is 1. The Balaban J connectivity index is 1.01. The standard InChI is InChI=1S/C41H49FN3O8/c1-22-20-44(15-14-43-22)35-30(42)18-27-34(37(35)52-4)45(24-6-7-24)21-28(36(27)49)38(50)53-16-11-32(48)41(51)13-10-29-26-8-5-23-17-25(46)9-12-39(23,2)33(26)31(47)19-40(29,41)3/h9,11-12,17-18,21-22,24,26,29,31,33,43,47,51H,5-8,10,13-16,19-20H2,1-4H3/t22?,26?,29?,31-,33?,39-,40-,41-/m0/s1. The number of ketones is 2. The second-order valence-corrected chi connectivity index (χ2v) is 16.7. The number of anilines is 1. The van der Waals surface area contributed by atoms with Crippen LogP contribution in [-0.2, 0) is 14.3 Å². The van der Waals surface area contributed by atoms with Crippen LogP contribution >= 0.6 is 0 Å². The summed E-state index contributed by atoms with van der Waals surface area (Å²) in [4.78, 5) is 55.3. The Kier molecular flexibility index (Phi) is 8.77. The van der Waals surface area contributed by atoms with E-state index in [4.69, 9.17) is 9.47 Å². The van der Waals surface area contributed by atoms with Crippen molar-refractivity contribution in [3.8, 4) is 5.75 Å². The van der Waals surface area contributed by atoms with Gasteiger partial charge < -0.3 is 34.5 Å². The van der Waals surface area contributed by atoms with E-state index < -0.39 is 52.1 Å². The summed E-state index contributed by atoms with van der Waals surface area (Å²) < 4.78 is 29.0. The minimum absolute atomic E-state index is 0.00585. The lowest BCUT2D eigenvalue weighted by molar-refractivity contribution is -0.174. The summed E-state index contributed by atoms with van der Waals surface area (Å²) in [6.45, 7) is 7.29. The van der Waals surface area contributed by atoms with Gasteiger partial charge in [0.05, 0.1) is 30.5 Å². The van der Waals surface area contributed by atoms with E-state index >= 15 is 4.39 Å². The molecule has 4 unspecified atom stereocenters. The van der Waals surface area contributed by atoms with Crippen molar-refractivity contribution < 1.29 is 38.5 Å². The maximum Gasteiger partial charge on any atom is 0.343 e. The fourth-order valence-electron chi connectivity index (χ4n) is 11.0. The summed E-state index contributed by atoms with van der Waals surface area (Å²) in [6, 6.07) is 1.30. The Hall–Kier alpha value is -3.87. The molecule has 1 saturated heterocycles. The van der Waals surface area contributed by atoms with Crippen LogP contribution in [0, 0.1) is 40.8 Å². The number of ether oxygens (including phenoxy) is 2. The number of Topliss-reactive ketones (excluding diaryl/α,β-unsaturated/α-hetero) is 1. The van der Waals surface area contributed by atoms with E-state index in [1.54, 1.807) is 12.2 Å². The molecular formula is C41H49FN3O8. The zero-order valence-electron chi connectivity index (χ0n) is 30.8. The Bertz CT molecular complexity index is 2020. The lowest BCUT2D eigenvalue weighted by atomic mass is 9.46. The van der Waals surface area contributed by atoms with E-state index in [-0.39, 0.29) is 70.8 Å². The Labute approximate surface area is 308 Å². The smallest absolute Gasteiger partial charge is 0.343 e. The summed E-state index contributed by atoms with van der Waals surface area (Å²) in [5, 5.41) is 27.1. The van der Waals surface area contributed by atoms with Crippen molar-refractivity contribution in [2.24, 2.45) is 28.6 Å². The van der Waals surface area contributed by atoms with Gasteiger partial charge in [-0.05, 0) is 81.9 Å². The highest BCUT2D eigenvalue weighted by atomic mass is 19.1. The molecule has 11 nitrogen and oxygen atoms in total. The van der Waals surface area contributed by atoms with Gasteiger partial charge in [-0.1, -0.05) is 25.5 Å². The summed E-state index contributed by atoms with van der Waals surface area (Å²) in [5.41, 5.74) is -2.39. The van der Waals surface area contributed by atoms with Gasteiger partial charge in [0.1, 0.15) is 23.5 Å². The molecule has 12 heteroatoms. The van der Waals surface area contributed by atoms with Crippen molar-refractivity contribution in [1.82, 2.24) is 9.88 Å². The van der Waals surface area contributed by atoms with Gasteiger partial charge in [-0.2, -0.15) is 0 Å². The third-order valence-electron chi connectivity index (χ3n) is 13.8. The van der Waals surface area contributed by atoms with Crippen molar-refractivity contribution >= 4 is 34.1 Å². The number of esters is 1. The molecule has 3 N–H and O–H groups in total. The molecule has 8 atom stereocenters. The van der Waals surface area contributed by atoms with E-state index in [0.717, 1.165) is 37.7 Å². The fraction of sp³-hybridized carbons (Fsp3) is 0.585. The number of nitrogens with zero attached hydrogens (tertiary/aromatic N) is 2. The summed E-state index contributed by atoms with van der Waals surface area (Å²) in [5.74, 6) is -2.07. The van der Waals surface area contributed by atoms with E-state index in [1.165, 1.54) is 19.4 Å². The first kappa shape index (κ1) is 36.1. The van der Waals surface area contributed by atoms with Crippen LogP contribution in [0.1, 0.15) is 82.1 Å². The number of pyridine rings is 1. The number of benzene rings is 1. The number of hydrogen-bond acceptors (Lipinski definition) is 10. The molecule has 0 amide bonds. The van der Waals surface area contributed by atoms with E-state index in [0.29, 0.717) is 31.6 Å². The quantitative estimate of drug-likeness (QED) is 0.338. The zero-order valence-corrected chi connectivity index (χ0v) is 30.8. The van der Waals surface area contributed by atoms with Gasteiger partial charge in [-0.25, -0.2) is 9.18 Å². The number of methoxy groups -OCH3 is 1. The molecule has 0 spiro atoms. The number of hydrogen-bond donors (Lipinski definition) is 3. The van der Waals surface area contributed by atoms with Crippen LogP contribution in [-0.4, -0.2) is 83.4 Å². The lowest BCUT2D eigenvalue weighted by Gasteiger charge is -2.59. The third-order valence-corrected chi connectivity index (χ3v) is 13.8.